The average molecular weight is 157 g/mol. The molecule has 2 nitrogen and oxygen atoms in total. The Hall–Kier alpha value is -0.0800. The van der Waals surface area contributed by atoms with Gasteiger partial charge >= 0.3 is 0 Å². The first-order valence-electron chi connectivity index (χ1n) is 4.54. The smallest absolute Gasteiger partial charge is 0.0576 e. The Morgan fingerprint density at radius 2 is 2.00 bits per heavy atom. The highest BCUT2D eigenvalue weighted by atomic mass is 16.5. The van der Waals surface area contributed by atoms with E-state index < -0.39 is 0 Å². The largest absolute Gasteiger partial charge is 0.379 e. The molecule has 0 bridgehead atoms. The molecule has 1 aliphatic carbocycles. The molecule has 1 aliphatic rings. The van der Waals surface area contributed by atoms with Crippen LogP contribution in [0.15, 0.2) is 0 Å². The van der Waals surface area contributed by atoms with Crippen molar-refractivity contribution >= 4 is 0 Å². The van der Waals surface area contributed by atoms with Gasteiger partial charge in [0.15, 0.2) is 0 Å². The molecule has 1 fully saturated rings. The van der Waals surface area contributed by atoms with Gasteiger partial charge in [-0.05, 0) is 39.5 Å². The van der Waals surface area contributed by atoms with Crippen molar-refractivity contribution in [3.63, 3.8) is 0 Å². The van der Waals surface area contributed by atoms with E-state index in [1.807, 2.05) is 0 Å². The summed E-state index contributed by atoms with van der Waals surface area (Å²) in [6.07, 6.45) is 4.98. The van der Waals surface area contributed by atoms with Crippen LogP contribution in [0.3, 0.4) is 0 Å². The summed E-state index contributed by atoms with van der Waals surface area (Å²) in [6.45, 7) is 5.03. The average Bonchev–Trinajstić information content (AvgIpc) is 1.94. The molecular formula is C9H19NO. The highest BCUT2D eigenvalue weighted by Crippen LogP contribution is 2.27. The lowest BCUT2D eigenvalue weighted by molar-refractivity contribution is 0.0229. The maximum absolute atomic E-state index is 5.98. The zero-order chi connectivity index (χ0) is 8.32. The summed E-state index contributed by atoms with van der Waals surface area (Å²) < 4.78 is 5.52. The number of rotatable bonds is 2. The van der Waals surface area contributed by atoms with Crippen LogP contribution in [0.1, 0.15) is 39.5 Å². The SMILES string of the molecule is CCOC1CCC(C)(N)CC1. The lowest BCUT2D eigenvalue weighted by Gasteiger charge is -2.33. The minimum Gasteiger partial charge on any atom is -0.379 e. The van der Waals surface area contributed by atoms with E-state index in [0.717, 1.165) is 32.3 Å². The molecule has 2 heteroatoms. The van der Waals surface area contributed by atoms with E-state index in [1.165, 1.54) is 0 Å². The lowest BCUT2D eigenvalue weighted by atomic mass is 9.83. The molecule has 66 valence electrons. The summed E-state index contributed by atoms with van der Waals surface area (Å²) in [6, 6.07) is 0. The third kappa shape index (κ3) is 2.80. The molecule has 0 radical (unpaired) electrons. The van der Waals surface area contributed by atoms with Crippen LogP contribution in [0.2, 0.25) is 0 Å². The fourth-order valence-corrected chi connectivity index (χ4v) is 1.65. The molecule has 1 rings (SSSR count). The van der Waals surface area contributed by atoms with Gasteiger partial charge in [0.1, 0.15) is 0 Å². The van der Waals surface area contributed by atoms with Crippen LogP contribution >= 0.6 is 0 Å². The molecule has 0 aromatic heterocycles. The van der Waals surface area contributed by atoms with E-state index in [2.05, 4.69) is 13.8 Å². The van der Waals surface area contributed by atoms with Gasteiger partial charge in [0.25, 0.3) is 0 Å². The molecule has 1 saturated carbocycles. The molecule has 0 atom stereocenters. The van der Waals surface area contributed by atoms with Crippen LogP contribution in [0.5, 0.6) is 0 Å². The van der Waals surface area contributed by atoms with Crippen molar-refractivity contribution in [1.29, 1.82) is 0 Å². The van der Waals surface area contributed by atoms with Crippen LogP contribution in [0.4, 0.5) is 0 Å². The Labute approximate surface area is 69.1 Å². The normalized spacial score (nSPS) is 39.0. The van der Waals surface area contributed by atoms with Gasteiger partial charge in [-0.25, -0.2) is 0 Å². The number of nitrogens with two attached hydrogens (primary N) is 1. The molecular weight excluding hydrogens is 138 g/mol. The minimum atomic E-state index is 0.0770. The van der Waals surface area contributed by atoms with Crippen molar-refractivity contribution in [3.05, 3.63) is 0 Å². The van der Waals surface area contributed by atoms with Crippen molar-refractivity contribution in [1.82, 2.24) is 0 Å². The summed E-state index contributed by atoms with van der Waals surface area (Å²) in [4.78, 5) is 0. The molecule has 0 aromatic rings. The van der Waals surface area contributed by atoms with Crippen LogP contribution in [-0.2, 0) is 4.74 Å². The minimum absolute atomic E-state index is 0.0770. The molecule has 0 heterocycles. The lowest BCUT2D eigenvalue weighted by Crippen LogP contribution is -2.41. The van der Waals surface area contributed by atoms with E-state index in [4.69, 9.17) is 10.5 Å². The van der Waals surface area contributed by atoms with Gasteiger partial charge in [0.2, 0.25) is 0 Å². The zero-order valence-corrected chi connectivity index (χ0v) is 7.60. The molecule has 0 spiro atoms. The first-order chi connectivity index (χ1) is 5.14. The standard InChI is InChI=1S/C9H19NO/c1-3-11-8-4-6-9(2,10)7-5-8/h8H,3-7,10H2,1-2H3. The quantitative estimate of drug-likeness (QED) is 0.662. The second-order valence-corrected chi connectivity index (χ2v) is 3.81. The highest BCUT2D eigenvalue weighted by molar-refractivity contribution is 4.85. The molecule has 0 aromatic carbocycles. The van der Waals surface area contributed by atoms with Gasteiger partial charge in [-0.3, -0.25) is 0 Å². The van der Waals surface area contributed by atoms with Crippen molar-refractivity contribution in [2.45, 2.75) is 51.2 Å². The van der Waals surface area contributed by atoms with Gasteiger partial charge in [-0.15, -0.1) is 0 Å². The van der Waals surface area contributed by atoms with Gasteiger partial charge in [-0.1, -0.05) is 0 Å². The topological polar surface area (TPSA) is 35.2 Å². The molecule has 0 unspecified atom stereocenters. The van der Waals surface area contributed by atoms with Crippen LogP contribution in [-0.4, -0.2) is 18.2 Å². The van der Waals surface area contributed by atoms with Crippen molar-refractivity contribution in [3.8, 4) is 0 Å². The monoisotopic (exact) mass is 157 g/mol. The number of ether oxygens (including phenoxy) is 1. The van der Waals surface area contributed by atoms with Crippen LogP contribution in [0.25, 0.3) is 0 Å². The van der Waals surface area contributed by atoms with Crippen molar-refractivity contribution in [2.24, 2.45) is 5.73 Å². The Balaban J connectivity index is 2.25. The molecule has 11 heavy (non-hydrogen) atoms. The molecule has 0 amide bonds. The predicted octanol–water partition coefficient (Wildman–Crippen LogP) is 1.68. The summed E-state index contributed by atoms with van der Waals surface area (Å²) in [5.41, 5.74) is 6.06. The maximum atomic E-state index is 5.98. The van der Waals surface area contributed by atoms with Crippen molar-refractivity contribution in [2.75, 3.05) is 6.61 Å². The Morgan fingerprint density at radius 3 is 2.45 bits per heavy atom. The van der Waals surface area contributed by atoms with Crippen molar-refractivity contribution < 1.29 is 4.74 Å². The van der Waals surface area contributed by atoms with E-state index in [1.54, 1.807) is 0 Å². The maximum Gasteiger partial charge on any atom is 0.0576 e. The van der Waals surface area contributed by atoms with Gasteiger partial charge < -0.3 is 10.5 Å². The first-order valence-corrected chi connectivity index (χ1v) is 4.54. The zero-order valence-electron chi connectivity index (χ0n) is 7.60. The van der Waals surface area contributed by atoms with E-state index in [9.17, 15) is 0 Å². The van der Waals surface area contributed by atoms with Crippen LogP contribution < -0.4 is 5.73 Å². The van der Waals surface area contributed by atoms with Gasteiger partial charge in [0.05, 0.1) is 6.10 Å². The summed E-state index contributed by atoms with van der Waals surface area (Å²) >= 11 is 0. The summed E-state index contributed by atoms with van der Waals surface area (Å²) in [5.74, 6) is 0. The molecule has 0 aliphatic heterocycles. The number of hydrogen-bond acceptors (Lipinski definition) is 2. The first kappa shape index (κ1) is 9.01. The van der Waals surface area contributed by atoms with E-state index in [0.29, 0.717) is 6.10 Å². The molecule has 0 saturated heterocycles. The fraction of sp³-hybridized carbons (Fsp3) is 1.00. The van der Waals surface area contributed by atoms with Gasteiger partial charge in [0, 0.05) is 12.1 Å². The van der Waals surface area contributed by atoms with E-state index >= 15 is 0 Å². The van der Waals surface area contributed by atoms with E-state index in [-0.39, 0.29) is 5.54 Å². The Bertz CT molecular complexity index is 113. The fourth-order valence-electron chi connectivity index (χ4n) is 1.65. The third-order valence-electron chi connectivity index (χ3n) is 2.48. The predicted molar refractivity (Wildman–Crippen MR) is 46.5 cm³/mol. The Kier molecular flexibility index (Phi) is 2.90. The second kappa shape index (κ2) is 3.55. The van der Waals surface area contributed by atoms with Gasteiger partial charge in [-0.2, -0.15) is 0 Å². The summed E-state index contributed by atoms with van der Waals surface area (Å²) in [7, 11) is 0. The Morgan fingerprint density at radius 1 is 1.45 bits per heavy atom. The third-order valence-corrected chi connectivity index (χ3v) is 2.48. The highest BCUT2D eigenvalue weighted by Gasteiger charge is 2.27. The van der Waals surface area contributed by atoms with Crippen LogP contribution in [0, 0.1) is 0 Å². The second-order valence-electron chi connectivity index (χ2n) is 3.81. The summed E-state index contributed by atoms with van der Waals surface area (Å²) in [5, 5.41) is 0. The number of hydrogen-bond donors (Lipinski definition) is 1. The molecule has 2 N–H and O–H groups in total.